The van der Waals surface area contributed by atoms with E-state index < -0.39 is 0 Å². The molecule has 0 spiro atoms. The molecule has 4 atom stereocenters. The van der Waals surface area contributed by atoms with Crippen molar-refractivity contribution in [3.05, 3.63) is 0 Å². The lowest BCUT2D eigenvalue weighted by molar-refractivity contribution is -0.121. The number of nitrogens with one attached hydrogen (secondary N) is 1. The van der Waals surface area contributed by atoms with Crippen LogP contribution in [0.4, 0.5) is 0 Å². The van der Waals surface area contributed by atoms with Gasteiger partial charge in [0.2, 0.25) is 0 Å². The van der Waals surface area contributed by atoms with Crippen LogP contribution >= 0.6 is 0 Å². The van der Waals surface area contributed by atoms with Crippen LogP contribution in [0.15, 0.2) is 0 Å². The molecule has 1 N–H and O–H groups in total. The fraction of sp³-hybridized carbons (Fsp3) is 0.867. The van der Waals surface area contributed by atoms with Crippen LogP contribution in [0.3, 0.4) is 0 Å². The van der Waals surface area contributed by atoms with Gasteiger partial charge in [-0.3, -0.25) is 14.5 Å². The summed E-state index contributed by atoms with van der Waals surface area (Å²) in [6, 6.07) is 0.0721. The van der Waals surface area contributed by atoms with E-state index in [1.807, 2.05) is 14.1 Å². The van der Waals surface area contributed by atoms with E-state index in [-0.39, 0.29) is 23.7 Å². The van der Waals surface area contributed by atoms with Crippen LogP contribution in [0, 0.1) is 11.8 Å². The number of carbonyl (C=O) groups excluding carboxylic acids is 2. The van der Waals surface area contributed by atoms with Crippen molar-refractivity contribution < 1.29 is 9.59 Å². The lowest BCUT2D eigenvalue weighted by Gasteiger charge is -2.20. The van der Waals surface area contributed by atoms with Gasteiger partial charge in [0.15, 0.2) is 0 Å². The normalized spacial score (nSPS) is 27.2. The summed E-state index contributed by atoms with van der Waals surface area (Å²) in [5.41, 5.74) is 0. The van der Waals surface area contributed by atoms with Crippen LogP contribution in [0.2, 0.25) is 0 Å². The van der Waals surface area contributed by atoms with Gasteiger partial charge in [-0.15, -0.1) is 0 Å². The molecule has 0 bridgehead atoms. The van der Waals surface area contributed by atoms with Gasteiger partial charge < -0.3 is 5.32 Å². The first-order valence-corrected chi connectivity index (χ1v) is 7.23. The Bertz CT molecular complexity index is 330. The van der Waals surface area contributed by atoms with Gasteiger partial charge in [-0.25, -0.2) is 0 Å². The van der Waals surface area contributed by atoms with Crippen LogP contribution in [0.1, 0.15) is 40.0 Å². The summed E-state index contributed by atoms with van der Waals surface area (Å²) in [5, 5.41) is 3.08. The Labute approximate surface area is 116 Å². The third-order valence-electron chi connectivity index (χ3n) is 4.32. The molecule has 1 aliphatic heterocycles. The first-order valence-electron chi connectivity index (χ1n) is 7.23. The molecule has 0 aromatic carbocycles. The molecule has 4 nitrogen and oxygen atoms in total. The number of likely N-dealkylation sites (tertiary alicyclic amines) is 1. The molecule has 0 aromatic rings. The van der Waals surface area contributed by atoms with Gasteiger partial charge in [-0.1, -0.05) is 6.92 Å². The molecule has 1 aliphatic rings. The van der Waals surface area contributed by atoms with Gasteiger partial charge in [0.1, 0.15) is 11.6 Å². The van der Waals surface area contributed by atoms with E-state index in [1.54, 1.807) is 13.8 Å². The monoisotopic (exact) mass is 268 g/mol. The zero-order valence-electron chi connectivity index (χ0n) is 12.9. The Hall–Kier alpha value is -0.740. The summed E-state index contributed by atoms with van der Waals surface area (Å²) < 4.78 is 0. The molecular weight excluding hydrogens is 240 g/mol. The molecule has 1 heterocycles. The van der Waals surface area contributed by atoms with Crippen LogP contribution < -0.4 is 5.32 Å². The Kier molecular flexibility index (Phi) is 6.14. The second kappa shape index (κ2) is 7.15. The lowest BCUT2D eigenvalue weighted by atomic mass is 9.88. The fourth-order valence-corrected chi connectivity index (χ4v) is 3.31. The molecule has 19 heavy (non-hydrogen) atoms. The van der Waals surface area contributed by atoms with Crippen molar-refractivity contribution in [1.29, 1.82) is 0 Å². The van der Waals surface area contributed by atoms with Crippen LogP contribution in [0.25, 0.3) is 0 Å². The Balaban J connectivity index is 2.43. The summed E-state index contributed by atoms with van der Waals surface area (Å²) >= 11 is 0. The molecule has 0 aliphatic carbocycles. The van der Waals surface area contributed by atoms with Crippen molar-refractivity contribution >= 4 is 11.6 Å². The maximum absolute atomic E-state index is 11.5. The van der Waals surface area contributed by atoms with Crippen molar-refractivity contribution in [2.24, 2.45) is 11.8 Å². The largest absolute Gasteiger partial charge is 0.311 e. The van der Waals surface area contributed by atoms with Crippen molar-refractivity contribution in [2.75, 3.05) is 20.6 Å². The molecule has 0 aromatic heterocycles. The van der Waals surface area contributed by atoms with Crippen LogP contribution in [-0.2, 0) is 9.59 Å². The quantitative estimate of drug-likeness (QED) is 0.760. The predicted octanol–water partition coefficient (Wildman–Crippen LogP) is 1.49. The average molecular weight is 268 g/mol. The van der Waals surface area contributed by atoms with Gasteiger partial charge in [0.05, 0.1) is 12.1 Å². The minimum atomic E-state index is -0.0299. The SMILES string of the molecule is CN[C@@H](CC(C)CC1C[C@@H](C(C)=O)N(C)C1)C(C)=O. The summed E-state index contributed by atoms with van der Waals surface area (Å²) in [7, 11) is 3.87. The van der Waals surface area contributed by atoms with E-state index in [4.69, 9.17) is 0 Å². The van der Waals surface area contributed by atoms with Crippen molar-refractivity contribution in [1.82, 2.24) is 10.2 Å². The van der Waals surface area contributed by atoms with Crippen LogP contribution in [-0.4, -0.2) is 49.2 Å². The topological polar surface area (TPSA) is 49.4 Å². The summed E-state index contributed by atoms with van der Waals surface area (Å²) in [6.07, 6.45) is 2.96. The Morgan fingerprint density at radius 1 is 1.37 bits per heavy atom. The fourth-order valence-electron chi connectivity index (χ4n) is 3.31. The molecular formula is C15H28N2O2. The number of carbonyl (C=O) groups is 2. The van der Waals surface area contributed by atoms with Crippen LogP contribution in [0.5, 0.6) is 0 Å². The summed E-state index contributed by atoms with van der Waals surface area (Å²) in [5.74, 6) is 1.57. The predicted molar refractivity (Wildman–Crippen MR) is 77.1 cm³/mol. The number of ketones is 2. The highest BCUT2D eigenvalue weighted by Gasteiger charge is 2.33. The molecule has 0 radical (unpaired) electrons. The number of Topliss-reactive ketones (excluding diaryl/α,β-unsaturated/α-hetero) is 2. The third-order valence-corrected chi connectivity index (χ3v) is 4.32. The summed E-state index contributed by atoms with van der Waals surface area (Å²) in [6.45, 7) is 6.52. The molecule has 2 unspecified atom stereocenters. The van der Waals surface area contributed by atoms with Crippen molar-refractivity contribution in [2.45, 2.75) is 52.1 Å². The van der Waals surface area contributed by atoms with Gasteiger partial charge in [0.25, 0.3) is 0 Å². The molecule has 1 fully saturated rings. The van der Waals surface area contributed by atoms with E-state index >= 15 is 0 Å². The highest BCUT2D eigenvalue weighted by Crippen LogP contribution is 2.29. The summed E-state index contributed by atoms with van der Waals surface area (Å²) in [4.78, 5) is 25.1. The third kappa shape index (κ3) is 4.69. The Morgan fingerprint density at radius 2 is 2.00 bits per heavy atom. The first-order chi connectivity index (χ1) is 8.85. The highest BCUT2D eigenvalue weighted by atomic mass is 16.1. The van der Waals surface area contributed by atoms with E-state index in [9.17, 15) is 9.59 Å². The molecule has 0 amide bonds. The van der Waals surface area contributed by atoms with Crippen molar-refractivity contribution in [3.63, 3.8) is 0 Å². The number of rotatable bonds is 7. The van der Waals surface area contributed by atoms with E-state index in [2.05, 4.69) is 17.1 Å². The Morgan fingerprint density at radius 3 is 2.42 bits per heavy atom. The average Bonchev–Trinajstić information content (AvgIpc) is 2.66. The van der Waals surface area contributed by atoms with E-state index in [0.717, 1.165) is 25.8 Å². The van der Waals surface area contributed by atoms with Crippen molar-refractivity contribution in [3.8, 4) is 0 Å². The second-order valence-corrected chi connectivity index (χ2v) is 6.20. The number of hydrogen-bond donors (Lipinski definition) is 1. The van der Waals surface area contributed by atoms with Gasteiger partial charge in [0, 0.05) is 6.54 Å². The second-order valence-electron chi connectivity index (χ2n) is 6.20. The molecule has 1 saturated heterocycles. The number of likely N-dealkylation sites (N-methyl/N-ethyl adjacent to an activating group) is 2. The minimum absolute atomic E-state index is 0.0299. The first kappa shape index (κ1) is 16.3. The standard InChI is InChI=1S/C15H28N2O2/c1-10(7-14(16-4)11(2)18)6-13-8-15(12(3)19)17(5)9-13/h10,13-16H,6-9H2,1-5H3/t10?,13?,14-,15-/m0/s1. The van der Waals surface area contributed by atoms with Gasteiger partial charge in [-0.2, -0.15) is 0 Å². The zero-order valence-corrected chi connectivity index (χ0v) is 12.9. The maximum Gasteiger partial charge on any atom is 0.146 e. The zero-order chi connectivity index (χ0) is 14.6. The highest BCUT2D eigenvalue weighted by molar-refractivity contribution is 5.82. The smallest absolute Gasteiger partial charge is 0.146 e. The number of nitrogens with zero attached hydrogens (tertiary/aromatic N) is 1. The van der Waals surface area contributed by atoms with Gasteiger partial charge in [-0.05, 0) is 59.0 Å². The minimum Gasteiger partial charge on any atom is -0.311 e. The van der Waals surface area contributed by atoms with E-state index in [1.165, 1.54) is 0 Å². The van der Waals surface area contributed by atoms with E-state index in [0.29, 0.717) is 11.8 Å². The maximum atomic E-state index is 11.5. The molecule has 0 saturated carbocycles. The van der Waals surface area contributed by atoms with Gasteiger partial charge >= 0.3 is 0 Å². The number of hydrogen-bond acceptors (Lipinski definition) is 4. The molecule has 110 valence electrons. The lowest BCUT2D eigenvalue weighted by Crippen LogP contribution is -2.34. The molecule has 4 heteroatoms. The molecule has 1 rings (SSSR count).